The van der Waals surface area contributed by atoms with Crippen molar-refractivity contribution in [2.45, 2.75) is 32.6 Å². The minimum Gasteiger partial charge on any atom is -0.396 e. The lowest BCUT2D eigenvalue weighted by molar-refractivity contribution is -0.131. The van der Waals surface area contributed by atoms with Gasteiger partial charge in [-0.1, -0.05) is 6.92 Å². The molecule has 0 radical (unpaired) electrons. The summed E-state index contributed by atoms with van der Waals surface area (Å²) in [7, 11) is 0. The third-order valence-electron chi connectivity index (χ3n) is 3.13. The van der Waals surface area contributed by atoms with Crippen LogP contribution >= 0.6 is 0 Å². The highest BCUT2D eigenvalue weighted by Gasteiger charge is 2.33. The molecule has 1 aliphatic heterocycles. The molecule has 3 N–H and O–H groups in total. The molecule has 0 aliphatic carbocycles. The molecule has 0 aromatic carbocycles. The van der Waals surface area contributed by atoms with E-state index in [4.69, 9.17) is 5.11 Å². The number of unbranched alkanes of at least 4 members (excludes halogenated alkanes) is 1. The summed E-state index contributed by atoms with van der Waals surface area (Å²) in [5.74, 6) is 0.168. The highest BCUT2D eigenvalue weighted by atomic mass is 16.2. The number of hydrogen-bond acceptors (Lipinski definition) is 3. The van der Waals surface area contributed by atoms with Crippen LogP contribution in [0.1, 0.15) is 32.6 Å². The Balaban J connectivity index is 2.25. The fourth-order valence-corrected chi connectivity index (χ4v) is 1.86. The summed E-state index contributed by atoms with van der Waals surface area (Å²) >= 11 is 0. The summed E-state index contributed by atoms with van der Waals surface area (Å²) in [6, 6.07) is 0. The van der Waals surface area contributed by atoms with Crippen LogP contribution in [0.3, 0.4) is 0 Å². The Bertz CT molecular complexity index is 201. The fourth-order valence-electron chi connectivity index (χ4n) is 1.86. The number of hydrogen-bond donors (Lipinski definition) is 3. The van der Waals surface area contributed by atoms with E-state index in [-0.39, 0.29) is 17.9 Å². The molecule has 4 nitrogen and oxygen atoms in total. The summed E-state index contributed by atoms with van der Waals surface area (Å²) in [6.45, 7) is 4.79. The molecule has 15 heavy (non-hydrogen) atoms. The van der Waals surface area contributed by atoms with Crippen molar-refractivity contribution in [3.05, 3.63) is 0 Å². The van der Waals surface area contributed by atoms with E-state index in [9.17, 15) is 4.79 Å². The van der Waals surface area contributed by atoms with Gasteiger partial charge < -0.3 is 15.7 Å². The van der Waals surface area contributed by atoms with E-state index in [1.807, 2.05) is 6.92 Å². The van der Waals surface area contributed by atoms with Crippen LogP contribution in [0.25, 0.3) is 0 Å². The quantitative estimate of drug-likeness (QED) is 0.575. The van der Waals surface area contributed by atoms with Gasteiger partial charge in [-0.2, -0.15) is 0 Å². The van der Waals surface area contributed by atoms with Gasteiger partial charge in [0, 0.05) is 18.6 Å². The molecule has 0 atom stereocenters. The predicted octanol–water partition coefficient (Wildman–Crippen LogP) is 0.265. The van der Waals surface area contributed by atoms with Crippen molar-refractivity contribution < 1.29 is 9.90 Å². The van der Waals surface area contributed by atoms with E-state index < -0.39 is 0 Å². The van der Waals surface area contributed by atoms with Crippen molar-refractivity contribution in [3.63, 3.8) is 0 Å². The lowest BCUT2D eigenvalue weighted by Gasteiger charge is -2.32. The Morgan fingerprint density at radius 2 is 2.07 bits per heavy atom. The van der Waals surface area contributed by atoms with E-state index in [1.54, 1.807) is 0 Å². The van der Waals surface area contributed by atoms with Gasteiger partial charge in [0.25, 0.3) is 0 Å². The average Bonchev–Trinajstić information content (AvgIpc) is 2.25. The average molecular weight is 214 g/mol. The van der Waals surface area contributed by atoms with Crippen LogP contribution in [-0.4, -0.2) is 37.3 Å². The second-order valence-corrected chi connectivity index (χ2v) is 4.50. The predicted molar refractivity (Wildman–Crippen MR) is 59.5 cm³/mol. The molecule has 1 heterocycles. The first-order chi connectivity index (χ1) is 7.19. The zero-order chi connectivity index (χ0) is 11.1. The number of nitrogens with one attached hydrogen (secondary N) is 2. The Hall–Kier alpha value is -0.610. The number of piperidine rings is 1. The monoisotopic (exact) mass is 214 g/mol. The van der Waals surface area contributed by atoms with E-state index in [0.717, 1.165) is 38.8 Å². The topological polar surface area (TPSA) is 61.4 Å². The van der Waals surface area contributed by atoms with E-state index in [0.29, 0.717) is 6.54 Å². The lowest BCUT2D eigenvalue weighted by atomic mass is 9.80. The zero-order valence-electron chi connectivity index (χ0n) is 9.51. The summed E-state index contributed by atoms with van der Waals surface area (Å²) in [4.78, 5) is 11.9. The summed E-state index contributed by atoms with van der Waals surface area (Å²) < 4.78 is 0. The zero-order valence-corrected chi connectivity index (χ0v) is 9.51. The number of rotatable bonds is 5. The van der Waals surface area contributed by atoms with Crippen molar-refractivity contribution in [1.82, 2.24) is 10.6 Å². The Morgan fingerprint density at radius 3 is 2.67 bits per heavy atom. The van der Waals surface area contributed by atoms with Crippen LogP contribution in [0, 0.1) is 5.41 Å². The van der Waals surface area contributed by atoms with Crippen LogP contribution in [0.2, 0.25) is 0 Å². The highest BCUT2D eigenvalue weighted by Crippen LogP contribution is 2.27. The van der Waals surface area contributed by atoms with Gasteiger partial charge in [-0.05, 0) is 38.8 Å². The standard InChI is InChI=1S/C11H22N2O2/c1-11(4-7-12-8-5-11)10(15)13-6-2-3-9-14/h12,14H,2-9H2,1H3,(H,13,15). The Kier molecular flexibility index (Phi) is 5.05. The first-order valence-electron chi connectivity index (χ1n) is 5.79. The molecule has 0 aromatic heterocycles. The van der Waals surface area contributed by atoms with E-state index >= 15 is 0 Å². The van der Waals surface area contributed by atoms with Gasteiger partial charge in [-0.3, -0.25) is 4.79 Å². The van der Waals surface area contributed by atoms with E-state index in [1.165, 1.54) is 0 Å². The molecule has 0 saturated carbocycles. The van der Waals surface area contributed by atoms with Gasteiger partial charge in [0.05, 0.1) is 0 Å². The lowest BCUT2D eigenvalue weighted by Crippen LogP contribution is -2.46. The Labute approximate surface area is 91.4 Å². The number of amides is 1. The van der Waals surface area contributed by atoms with Crippen LogP contribution in [-0.2, 0) is 4.79 Å². The van der Waals surface area contributed by atoms with Crippen molar-refractivity contribution in [1.29, 1.82) is 0 Å². The molecular weight excluding hydrogens is 192 g/mol. The molecule has 1 saturated heterocycles. The third kappa shape index (κ3) is 3.80. The van der Waals surface area contributed by atoms with Gasteiger partial charge in [0.1, 0.15) is 0 Å². The number of carbonyl (C=O) groups is 1. The highest BCUT2D eigenvalue weighted by molar-refractivity contribution is 5.82. The molecule has 0 bridgehead atoms. The van der Waals surface area contributed by atoms with Gasteiger partial charge in [-0.25, -0.2) is 0 Å². The minimum atomic E-state index is -0.190. The molecule has 4 heteroatoms. The van der Waals surface area contributed by atoms with Crippen molar-refractivity contribution >= 4 is 5.91 Å². The van der Waals surface area contributed by atoms with Crippen LogP contribution < -0.4 is 10.6 Å². The summed E-state index contributed by atoms with van der Waals surface area (Å²) in [5.41, 5.74) is -0.190. The molecular formula is C11H22N2O2. The molecule has 0 aromatic rings. The summed E-state index contributed by atoms with van der Waals surface area (Å²) in [5, 5.41) is 14.8. The second-order valence-electron chi connectivity index (χ2n) is 4.50. The van der Waals surface area contributed by atoms with Crippen molar-refractivity contribution in [2.75, 3.05) is 26.2 Å². The third-order valence-corrected chi connectivity index (χ3v) is 3.13. The molecule has 88 valence electrons. The largest absolute Gasteiger partial charge is 0.396 e. The maximum absolute atomic E-state index is 11.9. The van der Waals surface area contributed by atoms with Crippen LogP contribution in [0.4, 0.5) is 0 Å². The van der Waals surface area contributed by atoms with Gasteiger partial charge >= 0.3 is 0 Å². The molecule has 0 unspecified atom stereocenters. The SMILES string of the molecule is CC1(C(=O)NCCCCO)CCNCC1. The van der Waals surface area contributed by atoms with Gasteiger partial charge in [0.2, 0.25) is 5.91 Å². The summed E-state index contributed by atoms with van der Waals surface area (Å²) in [6.07, 6.45) is 3.45. The van der Waals surface area contributed by atoms with Crippen LogP contribution in [0.5, 0.6) is 0 Å². The van der Waals surface area contributed by atoms with Crippen LogP contribution in [0.15, 0.2) is 0 Å². The Morgan fingerprint density at radius 1 is 1.40 bits per heavy atom. The molecule has 1 aliphatic rings. The first kappa shape index (κ1) is 12.5. The molecule has 1 fully saturated rings. The number of aliphatic hydroxyl groups excluding tert-OH is 1. The maximum Gasteiger partial charge on any atom is 0.226 e. The van der Waals surface area contributed by atoms with Crippen molar-refractivity contribution in [2.24, 2.45) is 5.41 Å². The van der Waals surface area contributed by atoms with Gasteiger partial charge in [0.15, 0.2) is 0 Å². The number of carbonyl (C=O) groups excluding carboxylic acids is 1. The van der Waals surface area contributed by atoms with Gasteiger partial charge in [-0.15, -0.1) is 0 Å². The maximum atomic E-state index is 11.9. The molecule has 1 amide bonds. The second kappa shape index (κ2) is 6.08. The molecule has 0 spiro atoms. The first-order valence-corrected chi connectivity index (χ1v) is 5.79. The molecule has 1 rings (SSSR count). The number of aliphatic hydroxyl groups is 1. The smallest absolute Gasteiger partial charge is 0.226 e. The van der Waals surface area contributed by atoms with E-state index in [2.05, 4.69) is 10.6 Å². The minimum absolute atomic E-state index is 0.168. The fraction of sp³-hybridized carbons (Fsp3) is 0.909. The normalized spacial score (nSPS) is 19.9. The van der Waals surface area contributed by atoms with Crippen molar-refractivity contribution in [3.8, 4) is 0 Å².